The quantitative estimate of drug-likeness (QED) is 0.649. The Bertz CT molecular complexity index is 1290. The molecule has 0 unspecified atom stereocenters. The molecule has 2 aliphatic rings. The minimum absolute atomic E-state index is 0.00267. The highest BCUT2D eigenvalue weighted by atomic mass is 32.2. The van der Waals surface area contributed by atoms with Crippen LogP contribution < -0.4 is 0 Å². The molecule has 0 saturated carbocycles. The minimum atomic E-state index is -3.35. The number of Topliss-reactive ketones (excluding diaryl/α,β-unsaturated/α-hetero) is 1. The van der Waals surface area contributed by atoms with Crippen molar-refractivity contribution in [1.82, 2.24) is 0 Å². The molecule has 3 nitrogen and oxygen atoms in total. The van der Waals surface area contributed by atoms with E-state index in [0.29, 0.717) is 5.56 Å². The van der Waals surface area contributed by atoms with E-state index in [9.17, 15) is 13.2 Å². The summed E-state index contributed by atoms with van der Waals surface area (Å²) < 4.78 is 25.1. The lowest BCUT2D eigenvalue weighted by molar-refractivity contribution is 0.0961. The van der Waals surface area contributed by atoms with Crippen LogP contribution in [0.2, 0.25) is 0 Å². The first kappa shape index (κ1) is 18.1. The molecule has 5 rings (SSSR count). The zero-order valence-corrected chi connectivity index (χ0v) is 16.9. The van der Waals surface area contributed by atoms with Gasteiger partial charge in [0.2, 0.25) is 0 Å². The van der Waals surface area contributed by atoms with Crippen molar-refractivity contribution in [2.24, 2.45) is 0 Å². The van der Waals surface area contributed by atoms with Gasteiger partial charge in [0.15, 0.2) is 5.78 Å². The van der Waals surface area contributed by atoms with E-state index in [-0.39, 0.29) is 18.0 Å². The van der Waals surface area contributed by atoms with Crippen LogP contribution in [0.25, 0.3) is 11.1 Å². The molecular formula is C25H20O3S. The molecule has 0 radical (unpaired) electrons. The number of allylic oxidation sites excluding steroid dienone is 1. The lowest BCUT2D eigenvalue weighted by Gasteiger charge is -2.37. The van der Waals surface area contributed by atoms with E-state index in [1.54, 1.807) is 0 Å². The van der Waals surface area contributed by atoms with Crippen molar-refractivity contribution in [3.63, 3.8) is 0 Å². The summed E-state index contributed by atoms with van der Waals surface area (Å²) in [6, 6.07) is 25.6. The molecule has 0 fully saturated rings. The summed E-state index contributed by atoms with van der Waals surface area (Å²) >= 11 is 0. The van der Waals surface area contributed by atoms with Crippen LogP contribution in [-0.2, 0) is 15.3 Å². The Morgan fingerprint density at radius 3 is 2.07 bits per heavy atom. The maximum Gasteiger partial charge on any atom is 0.164 e. The van der Waals surface area contributed by atoms with Gasteiger partial charge in [-0.05, 0) is 33.4 Å². The van der Waals surface area contributed by atoms with Gasteiger partial charge in [0.1, 0.15) is 9.84 Å². The topological polar surface area (TPSA) is 51.2 Å². The smallest absolute Gasteiger partial charge is 0.164 e. The van der Waals surface area contributed by atoms with E-state index in [1.807, 2.05) is 66.7 Å². The number of hydrogen-bond donors (Lipinski definition) is 0. The predicted molar refractivity (Wildman–Crippen MR) is 116 cm³/mol. The highest BCUT2D eigenvalue weighted by molar-refractivity contribution is 7.90. The summed E-state index contributed by atoms with van der Waals surface area (Å²) in [6.45, 7) is 0. The SMILES string of the molecule is CS(=O)(=O)C[C@]12CC(=O)c3ccccc3C1=C(c1ccccc1)c1ccccc12. The summed E-state index contributed by atoms with van der Waals surface area (Å²) in [5.74, 6) is -0.0833. The molecule has 144 valence electrons. The van der Waals surface area contributed by atoms with Crippen molar-refractivity contribution in [2.45, 2.75) is 11.8 Å². The summed E-state index contributed by atoms with van der Waals surface area (Å²) in [6.07, 6.45) is 1.42. The van der Waals surface area contributed by atoms with Crippen molar-refractivity contribution in [3.05, 3.63) is 107 Å². The Morgan fingerprint density at radius 1 is 0.793 bits per heavy atom. The fourth-order valence-electron chi connectivity index (χ4n) is 5.07. The van der Waals surface area contributed by atoms with E-state index < -0.39 is 15.3 Å². The molecule has 3 aromatic rings. The molecule has 0 heterocycles. The van der Waals surface area contributed by atoms with Crippen LogP contribution in [0, 0.1) is 0 Å². The van der Waals surface area contributed by atoms with E-state index in [2.05, 4.69) is 12.1 Å². The molecule has 0 spiro atoms. The van der Waals surface area contributed by atoms with E-state index in [1.165, 1.54) is 6.26 Å². The third-order valence-electron chi connectivity index (χ3n) is 5.97. The standard InChI is InChI=1S/C25H20O3S/c1-29(27,28)16-25-15-22(26)18-11-5-6-12-19(18)24(25)23(17-9-3-2-4-10-17)20-13-7-8-14-21(20)25/h2-14H,15-16H2,1H3/t25-/m0/s1. The molecule has 0 aliphatic heterocycles. The van der Waals surface area contributed by atoms with Gasteiger partial charge in [0.25, 0.3) is 0 Å². The zero-order valence-electron chi connectivity index (χ0n) is 16.1. The second-order valence-corrected chi connectivity index (χ2v) is 10.1. The monoisotopic (exact) mass is 400 g/mol. The van der Waals surface area contributed by atoms with Crippen molar-refractivity contribution in [3.8, 4) is 0 Å². The lowest BCUT2D eigenvalue weighted by atomic mass is 9.67. The Hall–Kier alpha value is -2.98. The molecule has 1 atom stereocenters. The fraction of sp³-hybridized carbons (Fsp3) is 0.160. The van der Waals surface area contributed by atoms with Crippen molar-refractivity contribution in [1.29, 1.82) is 0 Å². The van der Waals surface area contributed by atoms with Crippen molar-refractivity contribution >= 4 is 26.8 Å². The van der Waals surface area contributed by atoms with Crippen molar-refractivity contribution in [2.75, 3.05) is 12.0 Å². The summed E-state index contributed by atoms with van der Waals surface area (Å²) in [4.78, 5) is 13.2. The van der Waals surface area contributed by atoms with Crippen LogP contribution >= 0.6 is 0 Å². The molecule has 29 heavy (non-hydrogen) atoms. The molecule has 0 aromatic heterocycles. The first-order chi connectivity index (χ1) is 13.9. The lowest BCUT2D eigenvalue weighted by Crippen LogP contribution is -2.39. The van der Waals surface area contributed by atoms with Crippen LogP contribution in [0.3, 0.4) is 0 Å². The van der Waals surface area contributed by atoms with Gasteiger partial charge in [-0.25, -0.2) is 8.42 Å². The first-order valence-corrected chi connectivity index (χ1v) is 11.7. The van der Waals surface area contributed by atoms with E-state index >= 15 is 0 Å². The summed E-state index contributed by atoms with van der Waals surface area (Å²) in [5, 5.41) is 0. The molecular weight excluding hydrogens is 380 g/mol. The van der Waals surface area contributed by atoms with Crippen LogP contribution in [0.1, 0.15) is 39.0 Å². The highest BCUT2D eigenvalue weighted by Crippen LogP contribution is 2.58. The fourth-order valence-corrected chi connectivity index (χ4v) is 6.37. The average molecular weight is 400 g/mol. The van der Waals surface area contributed by atoms with Gasteiger partial charge in [-0.15, -0.1) is 0 Å². The van der Waals surface area contributed by atoms with Crippen LogP contribution in [0.4, 0.5) is 0 Å². The number of fused-ring (bicyclic) bond motifs is 5. The molecule has 0 amide bonds. The van der Waals surface area contributed by atoms with Gasteiger partial charge in [0, 0.05) is 23.7 Å². The number of hydrogen-bond acceptors (Lipinski definition) is 3. The largest absolute Gasteiger partial charge is 0.294 e. The third-order valence-corrected chi connectivity index (χ3v) is 6.99. The molecule has 3 aromatic carbocycles. The van der Waals surface area contributed by atoms with Crippen LogP contribution in [-0.4, -0.2) is 26.2 Å². The zero-order chi connectivity index (χ0) is 20.2. The van der Waals surface area contributed by atoms with Gasteiger partial charge < -0.3 is 0 Å². The maximum atomic E-state index is 13.2. The average Bonchev–Trinajstić information content (AvgIpc) is 2.98. The summed E-state index contributed by atoms with van der Waals surface area (Å²) in [7, 11) is -3.35. The number of ketones is 1. The number of sulfone groups is 1. The normalized spacial score (nSPS) is 20.2. The van der Waals surface area contributed by atoms with E-state index in [0.717, 1.165) is 33.4 Å². The number of carbonyl (C=O) groups excluding carboxylic acids is 1. The Balaban J connectivity index is 1.96. The van der Waals surface area contributed by atoms with Crippen LogP contribution in [0.5, 0.6) is 0 Å². The maximum absolute atomic E-state index is 13.2. The first-order valence-electron chi connectivity index (χ1n) is 9.61. The number of benzene rings is 3. The number of rotatable bonds is 3. The van der Waals surface area contributed by atoms with Gasteiger partial charge in [-0.2, -0.15) is 0 Å². The van der Waals surface area contributed by atoms with Crippen LogP contribution in [0.15, 0.2) is 78.9 Å². The van der Waals surface area contributed by atoms with Gasteiger partial charge in [0.05, 0.1) is 5.75 Å². The van der Waals surface area contributed by atoms with Gasteiger partial charge in [-0.3, -0.25) is 4.79 Å². The second-order valence-electron chi connectivity index (χ2n) is 7.96. The Kier molecular flexibility index (Phi) is 3.90. The Morgan fingerprint density at radius 2 is 1.38 bits per heavy atom. The van der Waals surface area contributed by atoms with Crippen molar-refractivity contribution < 1.29 is 13.2 Å². The highest BCUT2D eigenvalue weighted by Gasteiger charge is 2.52. The molecule has 0 saturated heterocycles. The minimum Gasteiger partial charge on any atom is -0.294 e. The predicted octanol–water partition coefficient (Wildman–Crippen LogP) is 4.53. The van der Waals surface area contributed by atoms with E-state index in [4.69, 9.17) is 0 Å². The third kappa shape index (κ3) is 2.70. The van der Waals surface area contributed by atoms with Gasteiger partial charge in [-0.1, -0.05) is 78.9 Å². The molecule has 2 aliphatic carbocycles. The summed E-state index contributed by atoms with van der Waals surface area (Å²) in [5.41, 5.74) is 5.64. The Labute approximate surface area is 170 Å². The number of carbonyl (C=O) groups is 1. The molecule has 0 bridgehead atoms. The second kappa shape index (κ2) is 6.26. The molecule has 4 heteroatoms. The van der Waals surface area contributed by atoms with Gasteiger partial charge >= 0.3 is 0 Å². The molecule has 0 N–H and O–H groups in total.